The molecule has 3 unspecified atom stereocenters. The summed E-state index contributed by atoms with van der Waals surface area (Å²) in [7, 11) is 0. The van der Waals surface area contributed by atoms with Crippen LogP contribution >= 0.6 is 0 Å². The Kier molecular flexibility index (Phi) is 6.66. The number of piperazine rings is 1. The van der Waals surface area contributed by atoms with Gasteiger partial charge in [-0.2, -0.15) is 0 Å². The summed E-state index contributed by atoms with van der Waals surface area (Å²) in [6.07, 6.45) is 2.79. The molecular weight excluding hydrogens is 278 g/mol. The van der Waals surface area contributed by atoms with Crippen LogP contribution in [0.25, 0.3) is 0 Å². The molecule has 22 heavy (non-hydrogen) atoms. The maximum atomic E-state index is 12.6. The summed E-state index contributed by atoms with van der Waals surface area (Å²) in [5.41, 5.74) is 0. The van der Waals surface area contributed by atoms with Gasteiger partial charge in [0.2, 0.25) is 5.91 Å². The first kappa shape index (κ1) is 17.7. The number of rotatable bonds is 5. The first-order valence-electron chi connectivity index (χ1n) is 8.88. The van der Waals surface area contributed by atoms with Gasteiger partial charge in [0.05, 0.1) is 6.10 Å². The number of carbonyl (C=O) groups is 1. The quantitative estimate of drug-likeness (QED) is 0.793. The molecule has 0 radical (unpaired) electrons. The molecule has 2 rings (SSSR count). The molecule has 2 N–H and O–H groups in total. The van der Waals surface area contributed by atoms with E-state index in [2.05, 4.69) is 24.1 Å². The second kappa shape index (κ2) is 8.27. The lowest BCUT2D eigenvalue weighted by Gasteiger charge is -2.41. The van der Waals surface area contributed by atoms with Gasteiger partial charge in [-0.05, 0) is 51.6 Å². The molecule has 0 spiro atoms. The van der Waals surface area contributed by atoms with Crippen LogP contribution in [0.1, 0.15) is 40.0 Å². The van der Waals surface area contributed by atoms with Crippen molar-refractivity contribution in [1.82, 2.24) is 15.1 Å². The molecule has 2 heterocycles. The number of piperidine rings is 1. The number of nitrogens with one attached hydrogen (secondary N) is 1. The number of hydrogen-bond acceptors (Lipinski definition) is 4. The molecule has 2 saturated heterocycles. The highest BCUT2D eigenvalue weighted by molar-refractivity contribution is 5.76. The summed E-state index contributed by atoms with van der Waals surface area (Å²) in [5, 5.41) is 12.9. The van der Waals surface area contributed by atoms with Gasteiger partial charge in [-0.1, -0.05) is 6.92 Å². The van der Waals surface area contributed by atoms with E-state index in [4.69, 9.17) is 0 Å². The minimum atomic E-state index is -0.301. The van der Waals surface area contributed by atoms with Crippen LogP contribution in [0.3, 0.4) is 0 Å². The van der Waals surface area contributed by atoms with Crippen LogP contribution in [0.2, 0.25) is 0 Å². The Bertz CT molecular complexity index is 356. The highest BCUT2D eigenvalue weighted by atomic mass is 16.3. The van der Waals surface area contributed by atoms with Crippen molar-refractivity contribution in [2.24, 2.45) is 11.8 Å². The number of aliphatic hydroxyl groups is 1. The van der Waals surface area contributed by atoms with Crippen LogP contribution < -0.4 is 5.32 Å². The molecule has 5 nitrogen and oxygen atoms in total. The van der Waals surface area contributed by atoms with Crippen LogP contribution in [0, 0.1) is 11.8 Å². The first-order valence-corrected chi connectivity index (χ1v) is 8.88. The van der Waals surface area contributed by atoms with Crippen LogP contribution in [-0.4, -0.2) is 72.2 Å². The Labute approximate surface area is 135 Å². The van der Waals surface area contributed by atoms with Crippen molar-refractivity contribution in [2.75, 3.05) is 39.3 Å². The maximum Gasteiger partial charge on any atom is 0.222 e. The van der Waals surface area contributed by atoms with Gasteiger partial charge in [-0.3, -0.25) is 9.69 Å². The van der Waals surface area contributed by atoms with E-state index in [1.807, 2.05) is 11.8 Å². The predicted octanol–water partition coefficient (Wildman–Crippen LogP) is 0.926. The lowest BCUT2D eigenvalue weighted by atomic mass is 9.84. The van der Waals surface area contributed by atoms with Crippen molar-refractivity contribution in [2.45, 2.75) is 52.2 Å². The molecule has 0 aromatic rings. The minimum Gasteiger partial charge on any atom is -0.392 e. The number of amides is 1. The molecule has 0 aromatic heterocycles. The summed E-state index contributed by atoms with van der Waals surface area (Å²) in [6.45, 7) is 11.6. The fourth-order valence-corrected chi connectivity index (χ4v) is 3.82. The molecule has 0 bridgehead atoms. The lowest BCUT2D eigenvalue weighted by molar-refractivity contribution is -0.135. The van der Waals surface area contributed by atoms with Crippen molar-refractivity contribution in [3.63, 3.8) is 0 Å². The van der Waals surface area contributed by atoms with E-state index in [1.54, 1.807) is 0 Å². The van der Waals surface area contributed by atoms with Crippen molar-refractivity contribution < 1.29 is 9.90 Å². The SMILES string of the molecule is CC(O)CN1CCN(C(=O)CC(C)C2CCNCC2)CC1C. The van der Waals surface area contributed by atoms with E-state index >= 15 is 0 Å². The first-order chi connectivity index (χ1) is 10.5. The monoisotopic (exact) mass is 311 g/mol. The lowest BCUT2D eigenvalue weighted by Crippen LogP contribution is -2.55. The van der Waals surface area contributed by atoms with Gasteiger partial charge in [0.15, 0.2) is 0 Å². The number of nitrogens with zero attached hydrogens (tertiary/aromatic N) is 2. The molecule has 0 aliphatic carbocycles. The topological polar surface area (TPSA) is 55.8 Å². The van der Waals surface area contributed by atoms with Crippen molar-refractivity contribution in [3.05, 3.63) is 0 Å². The van der Waals surface area contributed by atoms with Crippen LogP contribution in [0.15, 0.2) is 0 Å². The highest BCUT2D eigenvalue weighted by Crippen LogP contribution is 2.25. The van der Waals surface area contributed by atoms with Gasteiger partial charge in [-0.25, -0.2) is 0 Å². The second-order valence-electron chi connectivity index (χ2n) is 7.30. The molecule has 128 valence electrons. The number of hydrogen-bond donors (Lipinski definition) is 2. The summed E-state index contributed by atoms with van der Waals surface area (Å²) in [4.78, 5) is 16.9. The highest BCUT2D eigenvalue weighted by Gasteiger charge is 2.29. The number of β-amino-alcohol motifs (C(OH)–C–C–N with tert-alkyl or cyclic N) is 1. The summed E-state index contributed by atoms with van der Waals surface area (Å²) in [5.74, 6) is 1.49. The fraction of sp³-hybridized carbons (Fsp3) is 0.941. The minimum absolute atomic E-state index is 0.301. The van der Waals surface area contributed by atoms with Crippen LogP contribution in [0.5, 0.6) is 0 Å². The van der Waals surface area contributed by atoms with E-state index in [9.17, 15) is 9.90 Å². The average molecular weight is 311 g/mol. The summed E-state index contributed by atoms with van der Waals surface area (Å²) < 4.78 is 0. The van der Waals surface area contributed by atoms with Crippen molar-refractivity contribution in [3.8, 4) is 0 Å². The van der Waals surface area contributed by atoms with Gasteiger partial charge in [-0.15, -0.1) is 0 Å². The zero-order chi connectivity index (χ0) is 16.1. The fourth-order valence-electron chi connectivity index (χ4n) is 3.82. The molecule has 0 aromatic carbocycles. The molecule has 5 heteroatoms. The molecule has 2 fully saturated rings. The Morgan fingerprint density at radius 2 is 1.95 bits per heavy atom. The molecule has 1 amide bonds. The normalized spacial score (nSPS) is 27.6. The van der Waals surface area contributed by atoms with E-state index < -0.39 is 0 Å². The smallest absolute Gasteiger partial charge is 0.222 e. The summed E-state index contributed by atoms with van der Waals surface area (Å²) >= 11 is 0. The molecule has 3 atom stereocenters. The zero-order valence-electron chi connectivity index (χ0n) is 14.4. The second-order valence-corrected chi connectivity index (χ2v) is 7.30. The van der Waals surface area contributed by atoms with E-state index in [0.717, 1.165) is 32.7 Å². The van der Waals surface area contributed by atoms with Crippen LogP contribution in [-0.2, 0) is 4.79 Å². The molecule has 0 saturated carbocycles. The van der Waals surface area contributed by atoms with Gasteiger partial charge >= 0.3 is 0 Å². The van der Waals surface area contributed by atoms with Gasteiger partial charge in [0, 0.05) is 38.6 Å². The van der Waals surface area contributed by atoms with Crippen LogP contribution in [0.4, 0.5) is 0 Å². The van der Waals surface area contributed by atoms with Crippen molar-refractivity contribution >= 4 is 5.91 Å². The number of aliphatic hydroxyl groups excluding tert-OH is 1. The Hall–Kier alpha value is -0.650. The van der Waals surface area contributed by atoms with E-state index in [1.165, 1.54) is 12.8 Å². The third-order valence-corrected chi connectivity index (χ3v) is 5.30. The molecule has 2 aliphatic heterocycles. The van der Waals surface area contributed by atoms with Gasteiger partial charge in [0.1, 0.15) is 0 Å². The average Bonchev–Trinajstić information content (AvgIpc) is 2.49. The largest absolute Gasteiger partial charge is 0.392 e. The number of carbonyl (C=O) groups excluding carboxylic acids is 1. The predicted molar refractivity (Wildman–Crippen MR) is 88.7 cm³/mol. The third kappa shape index (κ3) is 4.93. The van der Waals surface area contributed by atoms with Gasteiger partial charge < -0.3 is 15.3 Å². The zero-order valence-corrected chi connectivity index (χ0v) is 14.4. The molecule has 2 aliphatic rings. The summed E-state index contributed by atoms with van der Waals surface area (Å²) in [6, 6.07) is 0.335. The van der Waals surface area contributed by atoms with E-state index in [-0.39, 0.29) is 6.10 Å². The standard InChI is InChI=1S/C17H33N3O2/c1-13(16-4-6-18-7-5-16)10-17(22)20-9-8-19(12-15(3)21)14(2)11-20/h13-16,18,21H,4-12H2,1-3H3. The van der Waals surface area contributed by atoms with Crippen molar-refractivity contribution in [1.29, 1.82) is 0 Å². The third-order valence-electron chi connectivity index (χ3n) is 5.30. The Balaban J connectivity index is 1.78. The Morgan fingerprint density at radius 3 is 2.55 bits per heavy atom. The van der Waals surface area contributed by atoms with E-state index in [0.29, 0.717) is 36.8 Å². The maximum absolute atomic E-state index is 12.6. The van der Waals surface area contributed by atoms with Gasteiger partial charge in [0.25, 0.3) is 0 Å². The molecular formula is C17H33N3O2. The Morgan fingerprint density at radius 1 is 1.27 bits per heavy atom.